The van der Waals surface area contributed by atoms with Gasteiger partial charge in [0, 0.05) is 36.3 Å². The van der Waals surface area contributed by atoms with Gasteiger partial charge in [-0.3, -0.25) is 5.43 Å². The third kappa shape index (κ3) is 4.20. The molecule has 0 aromatic heterocycles. The zero-order chi connectivity index (χ0) is 13.0. The predicted octanol–water partition coefficient (Wildman–Crippen LogP) is 1.90. The van der Waals surface area contributed by atoms with Crippen LogP contribution in [0.5, 0.6) is 0 Å². The fourth-order valence-corrected chi connectivity index (χ4v) is 2.43. The Bertz CT molecular complexity index is 418. The van der Waals surface area contributed by atoms with Crippen LogP contribution in [-0.4, -0.2) is 48.2 Å². The van der Waals surface area contributed by atoms with Gasteiger partial charge in [-0.15, -0.1) is 0 Å². The van der Waals surface area contributed by atoms with Crippen molar-refractivity contribution in [3.05, 3.63) is 28.7 Å². The summed E-state index contributed by atoms with van der Waals surface area (Å²) >= 11 is 8.73. The summed E-state index contributed by atoms with van der Waals surface area (Å²) in [7, 11) is 2.13. The number of hydrazine groups is 1. The van der Waals surface area contributed by atoms with E-state index in [2.05, 4.69) is 43.6 Å². The number of likely N-dealkylation sites (N-methyl/N-ethyl adjacent to an activating group) is 1. The largest absolute Gasteiger partial charge is 0.332 e. The van der Waals surface area contributed by atoms with Crippen molar-refractivity contribution in [2.24, 2.45) is 0 Å². The second kappa shape index (κ2) is 6.47. The number of benzene rings is 1. The number of nitrogens with zero attached hydrogens (tertiary/aromatic N) is 2. The van der Waals surface area contributed by atoms with E-state index in [4.69, 9.17) is 12.2 Å². The van der Waals surface area contributed by atoms with Crippen molar-refractivity contribution in [3.8, 4) is 0 Å². The van der Waals surface area contributed by atoms with Gasteiger partial charge >= 0.3 is 0 Å². The third-order valence-electron chi connectivity index (χ3n) is 2.85. The lowest BCUT2D eigenvalue weighted by Gasteiger charge is -2.33. The van der Waals surface area contributed by atoms with E-state index < -0.39 is 0 Å². The average molecular weight is 329 g/mol. The fraction of sp³-hybridized carbons (Fsp3) is 0.417. The first-order valence-electron chi connectivity index (χ1n) is 5.90. The normalized spacial score (nSPS) is 17.4. The van der Waals surface area contributed by atoms with E-state index in [0.717, 1.165) is 36.3 Å². The van der Waals surface area contributed by atoms with Crippen LogP contribution in [-0.2, 0) is 0 Å². The van der Waals surface area contributed by atoms with Crippen molar-refractivity contribution >= 4 is 38.9 Å². The van der Waals surface area contributed by atoms with Gasteiger partial charge in [-0.05, 0) is 37.5 Å². The van der Waals surface area contributed by atoms with Crippen molar-refractivity contribution < 1.29 is 0 Å². The highest BCUT2D eigenvalue weighted by Gasteiger charge is 2.14. The highest BCUT2D eigenvalue weighted by molar-refractivity contribution is 9.10. The number of rotatable bonds is 2. The number of piperazine rings is 1. The molecule has 1 aliphatic rings. The molecule has 1 aliphatic heterocycles. The molecule has 0 spiro atoms. The van der Waals surface area contributed by atoms with E-state index in [-0.39, 0.29) is 0 Å². The monoisotopic (exact) mass is 328 g/mol. The topological polar surface area (TPSA) is 30.5 Å². The van der Waals surface area contributed by atoms with E-state index in [1.807, 2.05) is 24.3 Å². The molecular weight excluding hydrogens is 312 g/mol. The molecule has 18 heavy (non-hydrogen) atoms. The summed E-state index contributed by atoms with van der Waals surface area (Å²) in [6.07, 6.45) is 0. The van der Waals surface area contributed by atoms with Crippen molar-refractivity contribution in [1.82, 2.24) is 15.3 Å². The van der Waals surface area contributed by atoms with Crippen molar-refractivity contribution in [1.29, 1.82) is 0 Å². The molecule has 1 heterocycles. The van der Waals surface area contributed by atoms with Crippen LogP contribution in [0, 0.1) is 0 Å². The number of hydrogen-bond donors (Lipinski definition) is 2. The second-order valence-corrected chi connectivity index (χ2v) is 5.69. The lowest BCUT2D eigenvalue weighted by molar-refractivity contribution is 0.131. The van der Waals surface area contributed by atoms with Crippen LogP contribution < -0.4 is 10.7 Å². The Kier molecular flexibility index (Phi) is 4.94. The molecular formula is C12H17BrN4S. The second-order valence-electron chi connectivity index (χ2n) is 4.37. The lowest BCUT2D eigenvalue weighted by atomic mass is 10.3. The zero-order valence-electron chi connectivity index (χ0n) is 10.3. The molecule has 1 saturated heterocycles. The number of nitrogens with one attached hydrogen (secondary N) is 2. The minimum Gasteiger partial charge on any atom is -0.332 e. The maximum atomic E-state index is 5.30. The Hall–Kier alpha value is -0.690. The predicted molar refractivity (Wildman–Crippen MR) is 82.6 cm³/mol. The van der Waals surface area contributed by atoms with Gasteiger partial charge in [0.2, 0.25) is 0 Å². The maximum Gasteiger partial charge on any atom is 0.185 e. The summed E-state index contributed by atoms with van der Waals surface area (Å²) in [5.41, 5.74) is 4.20. The zero-order valence-corrected chi connectivity index (χ0v) is 12.7. The average Bonchev–Trinajstić information content (AvgIpc) is 2.32. The summed E-state index contributed by atoms with van der Waals surface area (Å²) in [4.78, 5) is 2.31. The first-order valence-corrected chi connectivity index (χ1v) is 7.10. The molecule has 2 N–H and O–H groups in total. The van der Waals surface area contributed by atoms with Gasteiger partial charge in [0.25, 0.3) is 0 Å². The summed E-state index contributed by atoms with van der Waals surface area (Å²) in [6, 6.07) is 7.95. The molecule has 0 atom stereocenters. The van der Waals surface area contributed by atoms with Gasteiger partial charge in [0.1, 0.15) is 0 Å². The van der Waals surface area contributed by atoms with E-state index in [0.29, 0.717) is 5.11 Å². The lowest BCUT2D eigenvalue weighted by Crippen LogP contribution is -2.53. The van der Waals surface area contributed by atoms with Crippen LogP contribution >= 0.6 is 28.1 Å². The maximum absolute atomic E-state index is 5.30. The summed E-state index contributed by atoms with van der Waals surface area (Å²) in [5.74, 6) is 0. The third-order valence-corrected chi connectivity index (χ3v) is 3.53. The van der Waals surface area contributed by atoms with Crippen LogP contribution in [0.25, 0.3) is 0 Å². The minimum absolute atomic E-state index is 0.637. The number of halogens is 1. The van der Waals surface area contributed by atoms with Gasteiger partial charge in [0.05, 0.1) is 0 Å². The Morgan fingerprint density at radius 1 is 1.28 bits per heavy atom. The summed E-state index contributed by atoms with van der Waals surface area (Å²) < 4.78 is 1.04. The highest BCUT2D eigenvalue weighted by atomic mass is 79.9. The number of hydrogen-bond acceptors (Lipinski definition) is 3. The Morgan fingerprint density at radius 3 is 2.67 bits per heavy atom. The SMILES string of the molecule is CN1CCN(NC(=S)Nc2cccc(Br)c2)CC1. The van der Waals surface area contributed by atoms with E-state index >= 15 is 0 Å². The van der Waals surface area contributed by atoms with Crippen LogP contribution in [0.1, 0.15) is 0 Å². The Labute approximate surface area is 121 Å². The molecule has 0 saturated carbocycles. The molecule has 1 aromatic carbocycles. The number of anilines is 1. The minimum atomic E-state index is 0.637. The van der Waals surface area contributed by atoms with Crippen LogP contribution in [0.2, 0.25) is 0 Å². The van der Waals surface area contributed by atoms with E-state index in [1.165, 1.54) is 0 Å². The van der Waals surface area contributed by atoms with Crippen molar-refractivity contribution in [2.45, 2.75) is 0 Å². The molecule has 0 bridgehead atoms. The van der Waals surface area contributed by atoms with E-state index in [1.54, 1.807) is 0 Å². The van der Waals surface area contributed by atoms with Gasteiger partial charge in [-0.2, -0.15) is 0 Å². The number of thiocarbonyl (C=S) groups is 1. The first kappa shape index (κ1) is 13.7. The smallest absolute Gasteiger partial charge is 0.185 e. The molecule has 0 amide bonds. The standard InChI is InChI=1S/C12H17BrN4S/c1-16-5-7-17(8-6-16)15-12(18)14-11-4-2-3-10(13)9-11/h2-4,9H,5-8H2,1H3,(H2,14,15,18). The molecule has 1 aromatic rings. The Morgan fingerprint density at radius 2 is 2.00 bits per heavy atom. The molecule has 0 radical (unpaired) electrons. The summed E-state index contributed by atoms with van der Waals surface area (Å²) in [5, 5.41) is 5.96. The van der Waals surface area contributed by atoms with Crippen molar-refractivity contribution in [3.63, 3.8) is 0 Å². The van der Waals surface area contributed by atoms with Gasteiger partial charge in [-0.25, -0.2) is 5.01 Å². The molecule has 2 rings (SSSR count). The van der Waals surface area contributed by atoms with Crippen LogP contribution in [0.3, 0.4) is 0 Å². The van der Waals surface area contributed by atoms with Crippen LogP contribution in [0.4, 0.5) is 5.69 Å². The molecule has 4 nitrogen and oxygen atoms in total. The van der Waals surface area contributed by atoms with Gasteiger partial charge in [-0.1, -0.05) is 22.0 Å². The first-order chi connectivity index (χ1) is 8.63. The molecule has 98 valence electrons. The fourth-order valence-electron chi connectivity index (χ4n) is 1.79. The van der Waals surface area contributed by atoms with E-state index in [9.17, 15) is 0 Å². The molecule has 1 fully saturated rings. The van der Waals surface area contributed by atoms with Gasteiger partial charge < -0.3 is 10.2 Å². The highest BCUT2D eigenvalue weighted by Crippen LogP contribution is 2.15. The molecule has 6 heteroatoms. The molecule has 0 unspecified atom stereocenters. The van der Waals surface area contributed by atoms with Crippen molar-refractivity contribution in [2.75, 3.05) is 38.5 Å². The summed E-state index contributed by atoms with van der Waals surface area (Å²) in [6.45, 7) is 4.09. The van der Waals surface area contributed by atoms with Crippen LogP contribution in [0.15, 0.2) is 28.7 Å². The Balaban J connectivity index is 1.82. The quantitative estimate of drug-likeness (QED) is 0.810. The molecule has 0 aliphatic carbocycles. The van der Waals surface area contributed by atoms with Gasteiger partial charge in [0.15, 0.2) is 5.11 Å².